The Morgan fingerprint density at radius 2 is 1.01 bits per heavy atom. The van der Waals surface area contributed by atoms with Crippen LogP contribution in [0.15, 0.2) is 179 Å². The molecule has 26 heteroatoms. The molecule has 0 radical (unpaired) electrons. The smallest absolute Gasteiger partial charge is 0.341 e. The molecule has 4 aromatic carbocycles. The molecule has 0 aliphatic rings. The second kappa shape index (κ2) is 25.0. The molecule has 444 valence electrons. The number of ether oxygens (including phenoxy) is 2. The monoisotopic (exact) mass is 1270 g/mol. The number of carbonyl (C=O) groups excluding carboxylic acids is 1. The number of aromatic carboxylic acids is 1. The summed E-state index contributed by atoms with van der Waals surface area (Å²) in [6.07, 6.45) is 10.5. The van der Waals surface area contributed by atoms with Crippen LogP contribution in [0.4, 0.5) is 23.2 Å². The van der Waals surface area contributed by atoms with E-state index in [0.717, 1.165) is 49.1 Å². The van der Waals surface area contributed by atoms with Crippen molar-refractivity contribution in [2.75, 3.05) is 5.73 Å². The van der Waals surface area contributed by atoms with E-state index >= 15 is 4.39 Å². The number of Topliss-reactive ketones (excluding diaryl/α,β-unsaturated/α-hetero) is 1. The largest absolute Gasteiger partial charge is 0.477 e. The number of hydrogen-bond acceptors (Lipinski definition) is 17. The third kappa shape index (κ3) is 12.3. The average Bonchev–Trinajstić information content (AvgIpc) is 2.07. The lowest BCUT2D eigenvalue weighted by Crippen LogP contribution is -2.26. The second-order valence-electron chi connectivity index (χ2n) is 19.4. The quantitative estimate of drug-likeness (QED) is 0.0586. The molecule has 89 heavy (non-hydrogen) atoms. The molecule has 0 aliphatic carbocycles. The maximum Gasteiger partial charge on any atom is 0.341 e. The average molecular weight is 1270 g/mol. The second-order valence-corrected chi connectivity index (χ2v) is 23.2. The van der Waals surface area contributed by atoms with Gasteiger partial charge in [0.05, 0.1) is 93.2 Å². The van der Waals surface area contributed by atoms with Crippen molar-refractivity contribution >= 4 is 104 Å². The fraction of sp³-hybridized carbons (Fsp3) is 0.0794. The van der Waals surface area contributed by atoms with E-state index in [0.29, 0.717) is 60.3 Å². The molecule has 0 saturated heterocycles. The minimum Gasteiger partial charge on any atom is -0.477 e. The predicted octanol–water partition coefficient (Wildman–Crippen LogP) is 14.4. The van der Waals surface area contributed by atoms with E-state index in [1.165, 1.54) is 145 Å². The van der Waals surface area contributed by atoms with Gasteiger partial charge in [-0.3, -0.25) is 33.5 Å². The lowest BCUT2D eigenvalue weighted by atomic mass is 10.0. The van der Waals surface area contributed by atoms with Crippen molar-refractivity contribution in [3.63, 3.8) is 0 Å². The Morgan fingerprint density at radius 3 is 1.47 bits per heavy atom. The summed E-state index contributed by atoms with van der Waals surface area (Å²) in [5.74, 6) is -2.73. The SMILES string of the molecule is CCn1cnc(-c2cc3nccc(Oc4ccc(CC(=O)c5cc6ncsc6n(-c6ccc(F)cc6)c5=O)cc4F)c3s2)c1.CCn1cnc(-c2cc3nccc(Oc4ccc(N)cc4F)c3s2)c1.O=C(O)c1cc2ncsc2n(-c2ccc(F)cc2)c1=O. The maximum atomic E-state index is 15.3. The summed E-state index contributed by atoms with van der Waals surface area (Å²) >= 11 is 5.42. The van der Waals surface area contributed by atoms with Crippen LogP contribution in [0.5, 0.6) is 23.0 Å². The number of nitrogen functional groups attached to an aromatic ring is 1. The van der Waals surface area contributed by atoms with Crippen LogP contribution in [0.3, 0.4) is 0 Å². The van der Waals surface area contributed by atoms with Gasteiger partial charge in [0.2, 0.25) is 0 Å². The van der Waals surface area contributed by atoms with Crippen molar-refractivity contribution in [2.24, 2.45) is 0 Å². The fourth-order valence-corrected chi connectivity index (χ4v) is 12.9. The molecule has 14 rings (SSSR count). The number of thiophene rings is 2. The number of carboxylic acids is 1. The normalized spacial score (nSPS) is 11.2. The van der Waals surface area contributed by atoms with Crippen LogP contribution in [0.2, 0.25) is 0 Å². The summed E-state index contributed by atoms with van der Waals surface area (Å²) in [5.41, 5.74) is 12.6. The molecule has 10 aromatic heterocycles. The molecule has 0 fully saturated rings. The Balaban J connectivity index is 0.000000144. The number of carbonyl (C=O) groups is 2. The van der Waals surface area contributed by atoms with Crippen molar-refractivity contribution < 1.29 is 41.7 Å². The van der Waals surface area contributed by atoms with Crippen LogP contribution in [0.1, 0.15) is 40.1 Å². The first kappa shape index (κ1) is 58.8. The number of rotatable bonds is 14. The molecule has 0 aliphatic heterocycles. The Bertz CT molecular complexity index is 5130. The van der Waals surface area contributed by atoms with Crippen molar-refractivity contribution in [1.82, 2.24) is 48.2 Å². The number of nitrogens with zero attached hydrogens (tertiary/aromatic N) is 10. The number of halogens is 4. The first-order chi connectivity index (χ1) is 43.1. The number of benzene rings is 4. The van der Waals surface area contributed by atoms with Crippen molar-refractivity contribution in [3.05, 3.63) is 230 Å². The minimum absolute atomic E-state index is 0.0125. The topological polar surface area (TPSA) is 230 Å². The van der Waals surface area contributed by atoms with E-state index in [2.05, 4.69) is 36.8 Å². The van der Waals surface area contributed by atoms with Gasteiger partial charge in [-0.1, -0.05) is 6.07 Å². The summed E-state index contributed by atoms with van der Waals surface area (Å²) in [7, 11) is 0. The molecule has 0 saturated carbocycles. The van der Waals surface area contributed by atoms with E-state index in [4.69, 9.17) is 20.3 Å². The molecule has 0 spiro atoms. The van der Waals surface area contributed by atoms with Crippen LogP contribution < -0.4 is 26.3 Å². The van der Waals surface area contributed by atoms with Gasteiger partial charge in [-0.25, -0.2) is 42.3 Å². The molecular formula is C63H43F4N11O7S4. The maximum absolute atomic E-state index is 15.3. The molecular weight excluding hydrogens is 1230 g/mol. The number of nitrogens with two attached hydrogens (primary N) is 1. The number of thiazole rings is 2. The zero-order valence-electron chi connectivity index (χ0n) is 46.4. The molecule has 18 nitrogen and oxygen atoms in total. The van der Waals surface area contributed by atoms with Crippen molar-refractivity contribution in [1.29, 1.82) is 0 Å². The lowest BCUT2D eigenvalue weighted by molar-refractivity contribution is 0.0694. The number of ketones is 1. The Kier molecular flexibility index (Phi) is 16.6. The van der Waals surface area contributed by atoms with Crippen LogP contribution >= 0.6 is 45.3 Å². The Morgan fingerprint density at radius 1 is 0.539 bits per heavy atom. The van der Waals surface area contributed by atoms with Crippen LogP contribution in [-0.2, 0) is 19.5 Å². The number of aryl methyl sites for hydroxylation is 2. The minimum atomic E-state index is -1.32. The number of imidazole rings is 2. The summed E-state index contributed by atoms with van der Waals surface area (Å²) in [4.78, 5) is 79.1. The summed E-state index contributed by atoms with van der Waals surface area (Å²) < 4.78 is 75.7. The summed E-state index contributed by atoms with van der Waals surface area (Å²) in [6, 6.07) is 29.3. The first-order valence-electron chi connectivity index (χ1n) is 26.9. The fourth-order valence-electron chi connectivity index (χ4n) is 9.27. The van der Waals surface area contributed by atoms with Crippen LogP contribution in [0, 0.1) is 23.3 Å². The highest BCUT2D eigenvalue weighted by Gasteiger charge is 2.22. The third-order valence-corrected chi connectivity index (χ3v) is 17.7. The van der Waals surface area contributed by atoms with E-state index in [1.54, 1.807) is 54.8 Å². The molecule has 0 bridgehead atoms. The molecule has 10 heterocycles. The molecule has 0 unspecified atom stereocenters. The van der Waals surface area contributed by atoms with E-state index < -0.39 is 46.1 Å². The zero-order valence-corrected chi connectivity index (χ0v) is 49.6. The van der Waals surface area contributed by atoms with Crippen LogP contribution in [-0.4, -0.2) is 65.0 Å². The Hall–Kier alpha value is -10.5. The number of anilines is 1. The summed E-state index contributed by atoms with van der Waals surface area (Å²) in [5, 5.41) is 9.08. The van der Waals surface area contributed by atoms with Gasteiger partial charge < -0.3 is 29.4 Å². The highest BCUT2D eigenvalue weighted by atomic mass is 32.1. The number of hydrogen-bond donors (Lipinski definition) is 2. The number of fused-ring (bicyclic) bond motifs is 4. The zero-order chi connectivity index (χ0) is 62.0. The number of carboxylic acid groups (broad SMARTS) is 1. The van der Waals surface area contributed by atoms with Gasteiger partial charge in [0.1, 0.15) is 38.4 Å². The lowest BCUT2D eigenvalue weighted by Gasteiger charge is -2.11. The van der Waals surface area contributed by atoms with Gasteiger partial charge in [-0.15, -0.1) is 45.3 Å². The van der Waals surface area contributed by atoms with Gasteiger partial charge in [0, 0.05) is 68.2 Å². The molecule has 14 aromatic rings. The van der Waals surface area contributed by atoms with Gasteiger partial charge >= 0.3 is 5.97 Å². The highest BCUT2D eigenvalue weighted by Crippen LogP contribution is 2.41. The third-order valence-electron chi connectivity index (χ3n) is 13.7. The van der Waals surface area contributed by atoms with Gasteiger partial charge in [0.15, 0.2) is 28.9 Å². The first-order valence-corrected chi connectivity index (χ1v) is 30.3. The van der Waals surface area contributed by atoms with E-state index in [-0.39, 0.29) is 29.0 Å². The summed E-state index contributed by atoms with van der Waals surface area (Å²) in [6.45, 7) is 5.76. The van der Waals surface area contributed by atoms with Crippen molar-refractivity contribution in [3.8, 4) is 55.5 Å². The van der Waals surface area contributed by atoms with Gasteiger partial charge in [0.25, 0.3) is 11.1 Å². The van der Waals surface area contributed by atoms with E-state index in [9.17, 15) is 32.3 Å². The van der Waals surface area contributed by atoms with Gasteiger partial charge in [-0.05, 0) is 116 Å². The molecule has 3 N–H and O–H groups in total. The molecule has 0 amide bonds. The van der Waals surface area contributed by atoms with E-state index in [1.807, 2.05) is 40.6 Å². The van der Waals surface area contributed by atoms with Gasteiger partial charge in [-0.2, -0.15) is 0 Å². The van der Waals surface area contributed by atoms with Crippen LogP contribution in [0.25, 0.3) is 73.6 Å². The Labute approximate surface area is 515 Å². The number of pyridine rings is 4. The predicted molar refractivity (Wildman–Crippen MR) is 336 cm³/mol. The highest BCUT2D eigenvalue weighted by molar-refractivity contribution is 7.23. The number of aromatic nitrogens is 10. The standard InChI is InChI=1S/C32H21F2N5O3S2.C18H15FN4OS.C13H7FN2O3S/c1-2-38-15-25(36-16-38)29-14-23-30(44-29)28(9-10-35-23)42-27-8-3-18(11-22(27)34)12-26(40)21-13-24-32(43-17-37-24)39(31(21)41)20-6-4-19(33)5-7-20;1-2-23-9-14(22-10-23)17-8-13-18(25-17)16(5-6-21-13)24-15-4-3-11(20)7-12(15)19;14-7-1-3-8(4-2-7)16-11(17)9(13(18)19)5-10-12(16)20-6-15-10/h3-11,13-17H,2,12H2,1H3;3-10H,2,20H2,1H3;1-6H,(H,18,19). The molecule has 0 atom stereocenters. The van der Waals surface area contributed by atoms with Crippen molar-refractivity contribution in [2.45, 2.75) is 33.4 Å².